The normalized spacial score (nSPS) is 12.3. The van der Waals surface area contributed by atoms with Crippen LogP contribution >= 0.6 is 11.6 Å². The van der Waals surface area contributed by atoms with Crippen LogP contribution in [0.15, 0.2) is 34.3 Å². The van der Waals surface area contributed by atoms with Crippen LogP contribution in [0.3, 0.4) is 0 Å². The molecular weight excluding hydrogens is 220 g/mol. The van der Waals surface area contributed by atoms with E-state index in [1.54, 1.807) is 0 Å². The molecule has 1 nitrogen and oxygen atoms in total. The number of hydrogen-bond donors (Lipinski definition) is 0. The average Bonchev–Trinajstić information content (AvgIpc) is 2.62. The van der Waals surface area contributed by atoms with Crippen LogP contribution in [0.5, 0.6) is 0 Å². The quantitative estimate of drug-likeness (QED) is 0.697. The maximum atomic E-state index is 5.89. The molecule has 0 amide bonds. The van der Waals surface area contributed by atoms with E-state index in [1.165, 1.54) is 5.57 Å². The third-order valence-electron chi connectivity index (χ3n) is 2.79. The number of furan rings is 1. The molecule has 0 aliphatic rings. The summed E-state index contributed by atoms with van der Waals surface area (Å²) in [6.45, 7) is 4.11. The number of allylic oxidation sites excluding steroid dienone is 1. The monoisotopic (exact) mass is 234 g/mol. The second-order valence-electron chi connectivity index (χ2n) is 3.86. The predicted octanol–water partition coefficient (Wildman–Crippen LogP) is 4.77. The Kier molecular flexibility index (Phi) is 3.35. The van der Waals surface area contributed by atoms with Gasteiger partial charge in [-0.2, -0.15) is 0 Å². The van der Waals surface area contributed by atoms with Crippen molar-refractivity contribution >= 4 is 28.6 Å². The lowest BCUT2D eigenvalue weighted by Gasteiger charge is -1.98. The molecule has 1 aromatic carbocycles. The molecule has 0 radical (unpaired) electrons. The average molecular weight is 235 g/mol. The number of benzene rings is 1. The minimum Gasteiger partial charge on any atom is -0.461 e. The number of para-hydroxylation sites is 1. The highest BCUT2D eigenvalue weighted by molar-refractivity contribution is 6.19. The standard InChI is InChI=1S/C14H15ClO/c1-3-11(9-15)8-13-10(2)16-14-7-5-4-6-12(13)14/h4-8H,3,9H2,1-2H3/b11-8-. The first-order chi connectivity index (χ1) is 7.76. The molecular formula is C14H15ClO. The first-order valence-corrected chi connectivity index (χ1v) is 6.03. The molecule has 2 rings (SSSR count). The van der Waals surface area contributed by atoms with Crippen LogP contribution in [0.25, 0.3) is 17.0 Å². The minimum atomic E-state index is 0.579. The molecule has 0 unspecified atom stereocenters. The highest BCUT2D eigenvalue weighted by Gasteiger charge is 2.08. The molecule has 0 saturated heterocycles. The van der Waals surface area contributed by atoms with Crippen LogP contribution in [0.2, 0.25) is 0 Å². The summed E-state index contributed by atoms with van der Waals surface area (Å²) in [6.07, 6.45) is 3.12. The van der Waals surface area contributed by atoms with Crippen LogP contribution in [0, 0.1) is 6.92 Å². The summed E-state index contributed by atoms with van der Waals surface area (Å²) in [6, 6.07) is 8.09. The fourth-order valence-electron chi connectivity index (χ4n) is 1.81. The summed E-state index contributed by atoms with van der Waals surface area (Å²) in [5, 5.41) is 1.16. The summed E-state index contributed by atoms with van der Waals surface area (Å²) in [7, 11) is 0. The summed E-state index contributed by atoms with van der Waals surface area (Å²) >= 11 is 5.89. The Hall–Kier alpha value is -1.21. The zero-order chi connectivity index (χ0) is 11.5. The van der Waals surface area contributed by atoms with Crippen molar-refractivity contribution in [2.75, 3.05) is 5.88 Å². The van der Waals surface area contributed by atoms with E-state index in [4.69, 9.17) is 16.0 Å². The Morgan fingerprint density at radius 3 is 2.81 bits per heavy atom. The fourth-order valence-corrected chi connectivity index (χ4v) is 2.07. The molecule has 0 aliphatic heterocycles. The van der Waals surface area contributed by atoms with Crippen molar-refractivity contribution in [1.29, 1.82) is 0 Å². The Bertz CT molecular complexity index is 517. The van der Waals surface area contributed by atoms with E-state index in [0.29, 0.717) is 5.88 Å². The Labute approximate surface area is 101 Å². The third-order valence-corrected chi connectivity index (χ3v) is 3.14. The van der Waals surface area contributed by atoms with Gasteiger partial charge in [-0.25, -0.2) is 0 Å². The maximum absolute atomic E-state index is 5.89. The van der Waals surface area contributed by atoms with Gasteiger partial charge in [0.25, 0.3) is 0 Å². The lowest BCUT2D eigenvalue weighted by molar-refractivity contribution is 0.577. The smallest absolute Gasteiger partial charge is 0.134 e. The highest BCUT2D eigenvalue weighted by Crippen LogP contribution is 2.27. The van der Waals surface area contributed by atoms with E-state index in [-0.39, 0.29) is 0 Å². The molecule has 0 spiro atoms. The highest BCUT2D eigenvalue weighted by atomic mass is 35.5. The van der Waals surface area contributed by atoms with E-state index in [0.717, 1.165) is 28.7 Å². The first-order valence-electron chi connectivity index (χ1n) is 5.49. The van der Waals surface area contributed by atoms with Gasteiger partial charge in [-0.05, 0) is 19.4 Å². The molecule has 0 bridgehead atoms. The van der Waals surface area contributed by atoms with Gasteiger partial charge in [0.2, 0.25) is 0 Å². The summed E-state index contributed by atoms with van der Waals surface area (Å²) < 4.78 is 5.70. The van der Waals surface area contributed by atoms with Gasteiger partial charge in [0.1, 0.15) is 11.3 Å². The van der Waals surface area contributed by atoms with Crippen LogP contribution in [-0.4, -0.2) is 5.88 Å². The minimum absolute atomic E-state index is 0.579. The van der Waals surface area contributed by atoms with Gasteiger partial charge in [0.15, 0.2) is 0 Å². The van der Waals surface area contributed by atoms with E-state index < -0.39 is 0 Å². The molecule has 1 aromatic heterocycles. The molecule has 0 atom stereocenters. The van der Waals surface area contributed by atoms with Crippen molar-refractivity contribution in [3.63, 3.8) is 0 Å². The Morgan fingerprint density at radius 2 is 2.12 bits per heavy atom. The fraction of sp³-hybridized carbons (Fsp3) is 0.286. The predicted molar refractivity (Wildman–Crippen MR) is 69.9 cm³/mol. The van der Waals surface area contributed by atoms with Crippen molar-refractivity contribution in [2.45, 2.75) is 20.3 Å². The molecule has 0 fully saturated rings. The zero-order valence-corrected chi connectivity index (χ0v) is 10.3. The lowest BCUT2D eigenvalue weighted by atomic mass is 10.1. The first kappa shape index (κ1) is 11.3. The lowest BCUT2D eigenvalue weighted by Crippen LogP contribution is -1.83. The number of fused-ring (bicyclic) bond motifs is 1. The number of rotatable bonds is 3. The van der Waals surface area contributed by atoms with Crippen molar-refractivity contribution in [1.82, 2.24) is 0 Å². The van der Waals surface area contributed by atoms with Crippen LogP contribution in [0.4, 0.5) is 0 Å². The van der Waals surface area contributed by atoms with Crippen molar-refractivity contribution < 1.29 is 4.42 Å². The van der Waals surface area contributed by atoms with Crippen LogP contribution in [0.1, 0.15) is 24.7 Å². The van der Waals surface area contributed by atoms with Gasteiger partial charge in [0.05, 0.1) is 0 Å². The molecule has 84 valence electrons. The Morgan fingerprint density at radius 1 is 1.38 bits per heavy atom. The molecule has 16 heavy (non-hydrogen) atoms. The van der Waals surface area contributed by atoms with E-state index in [1.807, 2.05) is 25.1 Å². The second kappa shape index (κ2) is 4.75. The molecule has 0 aliphatic carbocycles. The maximum Gasteiger partial charge on any atom is 0.134 e. The number of alkyl halides is 1. The van der Waals surface area contributed by atoms with Crippen molar-refractivity contribution in [2.24, 2.45) is 0 Å². The van der Waals surface area contributed by atoms with Gasteiger partial charge >= 0.3 is 0 Å². The van der Waals surface area contributed by atoms with E-state index >= 15 is 0 Å². The molecule has 0 saturated carbocycles. The summed E-state index contributed by atoms with van der Waals surface area (Å²) in [5.41, 5.74) is 3.33. The van der Waals surface area contributed by atoms with Crippen molar-refractivity contribution in [3.05, 3.63) is 41.2 Å². The molecule has 2 heteroatoms. The topological polar surface area (TPSA) is 13.1 Å². The largest absolute Gasteiger partial charge is 0.461 e. The van der Waals surface area contributed by atoms with Gasteiger partial charge < -0.3 is 4.42 Å². The summed E-state index contributed by atoms with van der Waals surface area (Å²) in [5.74, 6) is 1.53. The third kappa shape index (κ3) is 2.00. The molecule has 1 heterocycles. The van der Waals surface area contributed by atoms with E-state index in [9.17, 15) is 0 Å². The van der Waals surface area contributed by atoms with Gasteiger partial charge in [-0.1, -0.05) is 36.8 Å². The zero-order valence-electron chi connectivity index (χ0n) is 9.59. The van der Waals surface area contributed by atoms with Crippen LogP contribution < -0.4 is 0 Å². The number of aryl methyl sites for hydroxylation is 1. The van der Waals surface area contributed by atoms with Crippen molar-refractivity contribution in [3.8, 4) is 0 Å². The van der Waals surface area contributed by atoms with E-state index in [2.05, 4.69) is 19.1 Å². The van der Waals surface area contributed by atoms with Crippen LogP contribution in [-0.2, 0) is 0 Å². The Balaban J connectivity index is 2.59. The summed E-state index contributed by atoms with van der Waals surface area (Å²) in [4.78, 5) is 0. The second-order valence-corrected chi connectivity index (χ2v) is 4.13. The number of hydrogen-bond acceptors (Lipinski definition) is 1. The van der Waals surface area contributed by atoms with Gasteiger partial charge in [-0.3, -0.25) is 0 Å². The number of halogens is 1. The molecule has 2 aromatic rings. The molecule has 0 N–H and O–H groups in total. The van der Waals surface area contributed by atoms with Gasteiger partial charge in [-0.15, -0.1) is 11.6 Å². The van der Waals surface area contributed by atoms with Gasteiger partial charge in [0, 0.05) is 16.8 Å². The SMILES string of the molecule is CC/C(=C/c1c(C)oc2ccccc12)CCl.